The zero-order valence-corrected chi connectivity index (χ0v) is 8.66. The third kappa shape index (κ3) is 1.87. The van der Waals surface area contributed by atoms with E-state index >= 15 is 0 Å². The third-order valence-electron chi connectivity index (χ3n) is 2.25. The fourth-order valence-electron chi connectivity index (χ4n) is 1.47. The lowest BCUT2D eigenvalue weighted by Crippen LogP contribution is -2.12. The van der Waals surface area contributed by atoms with Gasteiger partial charge in [-0.05, 0) is 6.07 Å². The summed E-state index contributed by atoms with van der Waals surface area (Å²) in [5, 5.41) is 18.9. The lowest BCUT2D eigenvalue weighted by molar-refractivity contribution is 0.100. The number of nitrogens with zero attached hydrogens (tertiary/aromatic N) is 2. The number of primary amides is 1. The highest BCUT2D eigenvalue weighted by Crippen LogP contribution is 2.33. The fraction of sp³-hybridized carbons (Fsp3) is 0. The quantitative estimate of drug-likeness (QED) is 0.703. The van der Waals surface area contributed by atoms with Crippen molar-refractivity contribution in [3.63, 3.8) is 0 Å². The highest BCUT2D eigenvalue weighted by Gasteiger charge is 2.16. The van der Waals surface area contributed by atoms with Crippen molar-refractivity contribution >= 4 is 5.91 Å². The zero-order valence-electron chi connectivity index (χ0n) is 8.66. The van der Waals surface area contributed by atoms with Crippen LogP contribution in [0.15, 0.2) is 30.6 Å². The van der Waals surface area contributed by atoms with Crippen LogP contribution in [0.2, 0.25) is 0 Å². The van der Waals surface area contributed by atoms with E-state index in [1.807, 2.05) is 0 Å². The highest BCUT2D eigenvalue weighted by atomic mass is 16.3. The van der Waals surface area contributed by atoms with Crippen LogP contribution in [0, 0.1) is 0 Å². The molecule has 0 saturated heterocycles. The second-order valence-electron chi connectivity index (χ2n) is 3.30. The second kappa shape index (κ2) is 4.09. The molecule has 17 heavy (non-hydrogen) atoms. The molecule has 0 bridgehead atoms. The molecule has 1 aromatic heterocycles. The second-order valence-corrected chi connectivity index (χ2v) is 3.30. The first kappa shape index (κ1) is 10.9. The van der Waals surface area contributed by atoms with Crippen LogP contribution in [-0.2, 0) is 0 Å². The van der Waals surface area contributed by atoms with Crippen molar-refractivity contribution in [3.05, 3.63) is 36.2 Å². The number of carbonyl (C=O) groups is 1. The maximum absolute atomic E-state index is 11.2. The Morgan fingerprint density at radius 2 is 1.88 bits per heavy atom. The van der Waals surface area contributed by atoms with Crippen LogP contribution in [0.1, 0.15) is 10.4 Å². The number of rotatable bonds is 2. The van der Waals surface area contributed by atoms with E-state index in [0.717, 1.165) is 6.33 Å². The van der Waals surface area contributed by atoms with E-state index in [1.165, 1.54) is 6.07 Å². The van der Waals surface area contributed by atoms with E-state index < -0.39 is 17.5 Å². The number of amides is 1. The molecule has 4 N–H and O–H groups in total. The van der Waals surface area contributed by atoms with Crippen molar-refractivity contribution in [2.45, 2.75) is 0 Å². The molecule has 2 rings (SSSR count). The normalized spacial score (nSPS) is 10.1. The van der Waals surface area contributed by atoms with Crippen molar-refractivity contribution in [2.75, 3.05) is 0 Å². The van der Waals surface area contributed by atoms with Gasteiger partial charge >= 0.3 is 0 Å². The standard InChI is InChI=1S/C11H9N3O3/c12-10(16)7-4-2-1-3-6(7)8-9(15)11(17)14-5-13-8/h1-5,15H,(H2,12,16)(H,13,14,17). The molecule has 0 aliphatic heterocycles. The van der Waals surface area contributed by atoms with Gasteiger partial charge in [-0.25, -0.2) is 4.98 Å². The largest absolute Gasteiger partial charge is 0.502 e. The fourth-order valence-corrected chi connectivity index (χ4v) is 1.47. The van der Waals surface area contributed by atoms with Gasteiger partial charge in [0.05, 0.1) is 0 Å². The van der Waals surface area contributed by atoms with Crippen molar-refractivity contribution in [3.8, 4) is 22.9 Å². The average Bonchev–Trinajstić information content (AvgIpc) is 2.33. The topological polar surface area (TPSA) is 109 Å². The first-order chi connectivity index (χ1) is 8.11. The molecule has 86 valence electrons. The zero-order chi connectivity index (χ0) is 12.4. The van der Waals surface area contributed by atoms with Gasteiger partial charge in [-0.15, -0.1) is 0 Å². The number of aromatic hydroxyl groups is 2. The van der Waals surface area contributed by atoms with Crippen LogP contribution in [0.5, 0.6) is 11.6 Å². The molecular formula is C11H9N3O3. The maximum atomic E-state index is 11.2. The van der Waals surface area contributed by atoms with E-state index in [4.69, 9.17) is 5.73 Å². The first-order valence-corrected chi connectivity index (χ1v) is 4.73. The summed E-state index contributed by atoms with van der Waals surface area (Å²) in [6.07, 6.45) is 1.09. The van der Waals surface area contributed by atoms with Gasteiger partial charge in [0.1, 0.15) is 12.0 Å². The Kier molecular flexibility index (Phi) is 2.61. The van der Waals surface area contributed by atoms with Gasteiger partial charge in [0.25, 0.3) is 5.88 Å². The van der Waals surface area contributed by atoms with Gasteiger partial charge in [-0.1, -0.05) is 18.2 Å². The minimum absolute atomic E-state index is 0.0619. The Balaban J connectivity index is 2.69. The molecule has 6 heteroatoms. The molecule has 0 spiro atoms. The average molecular weight is 231 g/mol. The van der Waals surface area contributed by atoms with E-state index in [0.29, 0.717) is 5.56 Å². The first-order valence-electron chi connectivity index (χ1n) is 4.73. The summed E-state index contributed by atoms with van der Waals surface area (Å²) in [5.74, 6) is -1.67. The van der Waals surface area contributed by atoms with E-state index in [1.54, 1.807) is 18.2 Å². The Morgan fingerprint density at radius 3 is 2.59 bits per heavy atom. The molecular weight excluding hydrogens is 222 g/mol. The van der Waals surface area contributed by atoms with Crippen LogP contribution in [-0.4, -0.2) is 26.1 Å². The number of carbonyl (C=O) groups excluding carboxylic acids is 1. The summed E-state index contributed by atoms with van der Waals surface area (Å²) >= 11 is 0. The third-order valence-corrected chi connectivity index (χ3v) is 2.25. The Morgan fingerprint density at radius 1 is 1.18 bits per heavy atom. The van der Waals surface area contributed by atoms with Crippen molar-refractivity contribution in [1.29, 1.82) is 0 Å². The summed E-state index contributed by atoms with van der Waals surface area (Å²) in [6, 6.07) is 6.39. The van der Waals surface area contributed by atoms with E-state index in [9.17, 15) is 15.0 Å². The number of hydrogen-bond donors (Lipinski definition) is 3. The SMILES string of the molecule is NC(=O)c1ccccc1-c1ncnc(O)c1O. The van der Waals surface area contributed by atoms with Crippen molar-refractivity contribution in [1.82, 2.24) is 9.97 Å². The van der Waals surface area contributed by atoms with Crippen LogP contribution in [0.3, 0.4) is 0 Å². The molecule has 0 atom stereocenters. The molecule has 0 aliphatic rings. The van der Waals surface area contributed by atoms with Crippen LogP contribution in [0.4, 0.5) is 0 Å². The van der Waals surface area contributed by atoms with Gasteiger partial charge < -0.3 is 15.9 Å². The predicted octanol–water partition coefficient (Wildman–Crippen LogP) is 0.654. The monoisotopic (exact) mass is 231 g/mol. The molecule has 2 aromatic rings. The number of aromatic nitrogens is 2. The summed E-state index contributed by atoms with van der Waals surface area (Å²) in [6.45, 7) is 0. The van der Waals surface area contributed by atoms with Gasteiger partial charge in [-0.3, -0.25) is 4.79 Å². The van der Waals surface area contributed by atoms with Gasteiger partial charge in [0.2, 0.25) is 11.7 Å². The Hall–Kier alpha value is -2.63. The van der Waals surface area contributed by atoms with Gasteiger partial charge in [0.15, 0.2) is 0 Å². The Bertz CT molecular complexity index is 584. The molecule has 6 nitrogen and oxygen atoms in total. The Labute approximate surface area is 96.4 Å². The minimum Gasteiger partial charge on any atom is -0.502 e. The lowest BCUT2D eigenvalue weighted by atomic mass is 10.0. The molecule has 0 saturated carbocycles. The number of benzene rings is 1. The predicted molar refractivity (Wildman–Crippen MR) is 59.3 cm³/mol. The summed E-state index contributed by atoms with van der Waals surface area (Å²) in [4.78, 5) is 18.5. The molecule has 0 aliphatic carbocycles. The van der Waals surface area contributed by atoms with Crippen LogP contribution in [0.25, 0.3) is 11.3 Å². The summed E-state index contributed by atoms with van der Waals surface area (Å²) in [5.41, 5.74) is 5.83. The molecule has 1 aromatic carbocycles. The molecule has 0 unspecified atom stereocenters. The van der Waals surface area contributed by atoms with Gasteiger partial charge in [-0.2, -0.15) is 4.98 Å². The minimum atomic E-state index is -0.641. The van der Waals surface area contributed by atoms with E-state index in [2.05, 4.69) is 9.97 Å². The number of nitrogens with two attached hydrogens (primary N) is 1. The molecule has 0 radical (unpaired) electrons. The van der Waals surface area contributed by atoms with Gasteiger partial charge in [0, 0.05) is 11.1 Å². The molecule has 0 fully saturated rings. The van der Waals surface area contributed by atoms with Crippen LogP contribution >= 0.6 is 0 Å². The highest BCUT2D eigenvalue weighted by molar-refractivity contribution is 6.00. The van der Waals surface area contributed by atoms with Crippen molar-refractivity contribution < 1.29 is 15.0 Å². The van der Waals surface area contributed by atoms with Crippen LogP contribution < -0.4 is 5.73 Å². The van der Waals surface area contributed by atoms with Crippen molar-refractivity contribution in [2.24, 2.45) is 5.73 Å². The summed E-state index contributed by atoms with van der Waals surface area (Å²) in [7, 11) is 0. The number of hydrogen-bond acceptors (Lipinski definition) is 5. The summed E-state index contributed by atoms with van der Waals surface area (Å²) < 4.78 is 0. The molecule has 1 heterocycles. The maximum Gasteiger partial charge on any atom is 0.258 e. The van der Waals surface area contributed by atoms with E-state index in [-0.39, 0.29) is 11.3 Å². The lowest BCUT2D eigenvalue weighted by Gasteiger charge is -2.07. The molecule has 1 amide bonds. The smallest absolute Gasteiger partial charge is 0.258 e.